The standard InChI is InChI=1S/C19H17N3O3S/c23-16-7-5-14(6-8-16)18-20-21-19(25-18)26-12-17(24)22-10-9-13-3-1-2-4-15(13)11-22/h1-8,23H,9-12H2. The molecular formula is C19H17N3O3S. The van der Waals surface area contributed by atoms with Crippen LogP contribution in [0.3, 0.4) is 0 Å². The highest BCUT2D eigenvalue weighted by Crippen LogP contribution is 2.25. The molecule has 132 valence electrons. The van der Waals surface area contributed by atoms with E-state index in [0.29, 0.717) is 17.7 Å². The zero-order valence-corrected chi connectivity index (χ0v) is 14.8. The number of nitrogens with zero attached hydrogens (tertiary/aromatic N) is 3. The molecule has 0 radical (unpaired) electrons. The smallest absolute Gasteiger partial charge is 0.277 e. The van der Waals surface area contributed by atoms with E-state index in [4.69, 9.17) is 4.42 Å². The van der Waals surface area contributed by atoms with E-state index in [1.165, 1.54) is 22.9 Å². The summed E-state index contributed by atoms with van der Waals surface area (Å²) in [7, 11) is 0. The van der Waals surface area contributed by atoms with E-state index >= 15 is 0 Å². The summed E-state index contributed by atoms with van der Waals surface area (Å²) in [5.41, 5.74) is 3.25. The molecule has 0 saturated carbocycles. The van der Waals surface area contributed by atoms with Crippen molar-refractivity contribution in [1.29, 1.82) is 0 Å². The number of carbonyl (C=O) groups is 1. The molecule has 3 aromatic rings. The lowest BCUT2D eigenvalue weighted by Gasteiger charge is -2.28. The fraction of sp³-hybridized carbons (Fsp3) is 0.211. The molecule has 0 unspecified atom stereocenters. The largest absolute Gasteiger partial charge is 0.508 e. The normalized spacial score (nSPS) is 13.5. The van der Waals surface area contributed by atoms with Crippen LogP contribution in [-0.4, -0.2) is 38.4 Å². The molecule has 6 nitrogen and oxygen atoms in total. The van der Waals surface area contributed by atoms with Crippen LogP contribution in [0.15, 0.2) is 58.2 Å². The Kier molecular flexibility index (Phi) is 4.62. The van der Waals surface area contributed by atoms with E-state index < -0.39 is 0 Å². The fourth-order valence-corrected chi connectivity index (χ4v) is 3.58. The van der Waals surface area contributed by atoms with Gasteiger partial charge in [0.1, 0.15) is 5.75 Å². The minimum Gasteiger partial charge on any atom is -0.508 e. The Morgan fingerprint density at radius 3 is 2.69 bits per heavy atom. The number of aromatic nitrogens is 2. The van der Waals surface area contributed by atoms with Gasteiger partial charge in [0, 0.05) is 18.7 Å². The Morgan fingerprint density at radius 2 is 1.88 bits per heavy atom. The van der Waals surface area contributed by atoms with Gasteiger partial charge in [0.25, 0.3) is 5.22 Å². The van der Waals surface area contributed by atoms with Gasteiger partial charge in [-0.25, -0.2) is 0 Å². The molecule has 0 saturated heterocycles. The molecule has 2 aromatic carbocycles. The van der Waals surface area contributed by atoms with Crippen LogP contribution < -0.4 is 0 Å². The molecule has 1 aliphatic heterocycles. The number of rotatable bonds is 4. The number of phenolic OH excluding ortho intramolecular Hbond substituents is 1. The molecule has 2 heterocycles. The van der Waals surface area contributed by atoms with Crippen LogP contribution in [0.2, 0.25) is 0 Å². The molecule has 0 fully saturated rings. The van der Waals surface area contributed by atoms with Crippen molar-refractivity contribution in [3.63, 3.8) is 0 Å². The van der Waals surface area contributed by atoms with Crippen molar-refractivity contribution in [1.82, 2.24) is 15.1 Å². The summed E-state index contributed by atoms with van der Waals surface area (Å²) < 4.78 is 5.59. The Labute approximate surface area is 154 Å². The van der Waals surface area contributed by atoms with E-state index in [1.54, 1.807) is 24.3 Å². The van der Waals surface area contributed by atoms with Gasteiger partial charge in [-0.2, -0.15) is 0 Å². The molecule has 1 aromatic heterocycles. The number of hydrogen-bond donors (Lipinski definition) is 1. The molecule has 4 rings (SSSR count). The minimum atomic E-state index is 0.0638. The maximum absolute atomic E-state index is 12.5. The van der Waals surface area contributed by atoms with Gasteiger partial charge in [0.2, 0.25) is 11.8 Å². The topological polar surface area (TPSA) is 79.5 Å². The van der Waals surface area contributed by atoms with Gasteiger partial charge in [0.05, 0.1) is 5.75 Å². The van der Waals surface area contributed by atoms with Crippen molar-refractivity contribution in [3.05, 3.63) is 59.7 Å². The van der Waals surface area contributed by atoms with Gasteiger partial charge in [-0.1, -0.05) is 36.0 Å². The Bertz CT molecular complexity index is 924. The Morgan fingerprint density at radius 1 is 1.12 bits per heavy atom. The molecule has 0 bridgehead atoms. The molecule has 1 aliphatic rings. The number of amides is 1. The van der Waals surface area contributed by atoms with Crippen molar-refractivity contribution in [2.45, 2.75) is 18.2 Å². The third-order valence-electron chi connectivity index (χ3n) is 4.32. The molecule has 1 N–H and O–H groups in total. The molecule has 0 atom stereocenters. The monoisotopic (exact) mass is 367 g/mol. The summed E-state index contributed by atoms with van der Waals surface area (Å²) >= 11 is 1.24. The Hall–Kier alpha value is -2.80. The zero-order valence-electron chi connectivity index (χ0n) is 14.0. The summed E-state index contributed by atoms with van der Waals surface area (Å²) in [6.45, 7) is 1.39. The highest BCUT2D eigenvalue weighted by Gasteiger charge is 2.21. The predicted molar refractivity (Wildman–Crippen MR) is 97.7 cm³/mol. The van der Waals surface area contributed by atoms with Gasteiger partial charge in [0.15, 0.2) is 0 Å². The van der Waals surface area contributed by atoms with E-state index in [9.17, 15) is 9.90 Å². The van der Waals surface area contributed by atoms with Crippen LogP contribution in [0.4, 0.5) is 0 Å². The average molecular weight is 367 g/mol. The van der Waals surface area contributed by atoms with Crippen molar-refractivity contribution < 1.29 is 14.3 Å². The molecule has 1 amide bonds. The number of carbonyl (C=O) groups excluding carboxylic acids is 1. The van der Waals surface area contributed by atoms with Gasteiger partial charge in [-0.05, 0) is 41.8 Å². The van der Waals surface area contributed by atoms with Crippen LogP contribution in [0.1, 0.15) is 11.1 Å². The van der Waals surface area contributed by atoms with Crippen LogP contribution in [0.25, 0.3) is 11.5 Å². The van der Waals surface area contributed by atoms with Crippen LogP contribution in [0.5, 0.6) is 5.75 Å². The number of fused-ring (bicyclic) bond motifs is 1. The molecule has 26 heavy (non-hydrogen) atoms. The summed E-state index contributed by atoms with van der Waals surface area (Å²) in [4.78, 5) is 14.4. The third-order valence-corrected chi connectivity index (χ3v) is 5.13. The van der Waals surface area contributed by atoms with E-state index in [0.717, 1.165) is 18.5 Å². The highest BCUT2D eigenvalue weighted by atomic mass is 32.2. The van der Waals surface area contributed by atoms with Crippen molar-refractivity contribution in [2.75, 3.05) is 12.3 Å². The lowest BCUT2D eigenvalue weighted by atomic mass is 10.00. The Balaban J connectivity index is 1.36. The van der Waals surface area contributed by atoms with E-state index in [1.807, 2.05) is 17.0 Å². The number of benzene rings is 2. The first kappa shape index (κ1) is 16.7. The third kappa shape index (κ3) is 3.57. The number of phenols is 1. The fourth-order valence-electron chi connectivity index (χ4n) is 2.91. The first-order chi connectivity index (χ1) is 12.7. The lowest BCUT2D eigenvalue weighted by molar-refractivity contribution is -0.129. The number of thioether (sulfide) groups is 1. The summed E-state index contributed by atoms with van der Waals surface area (Å²) in [5, 5.41) is 17.7. The van der Waals surface area contributed by atoms with E-state index in [-0.39, 0.29) is 17.4 Å². The second-order valence-electron chi connectivity index (χ2n) is 6.04. The summed E-state index contributed by atoms with van der Waals surface area (Å²) in [6, 6.07) is 14.8. The SMILES string of the molecule is O=C(CSc1nnc(-c2ccc(O)cc2)o1)N1CCc2ccccc2C1. The summed E-state index contributed by atoms with van der Waals surface area (Å²) in [6.07, 6.45) is 0.887. The van der Waals surface area contributed by atoms with Gasteiger partial charge < -0.3 is 14.4 Å². The maximum Gasteiger partial charge on any atom is 0.277 e. The predicted octanol–water partition coefficient (Wildman–Crippen LogP) is 3.12. The molecule has 7 heteroatoms. The number of aromatic hydroxyl groups is 1. The first-order valence-electron chi connectivity index (χ1n) is 8.29. The minimum absolute atomic E-state index is 0.0638. The second-order valence-corrected chi connectivity index (χ2v) is 6.97. The zero-order chi connectivity index (χ0) is 17.9. The van der Waals surface area contributed by atoms with Crippen LogP contribution in [0, 0.1) is 0 Å². The highest BCUT2D eigenvalue weighted by molar-refractivity contribution is 7.99. The molecule has 0 spiro atoms. The van der Waals surface area contributed by atoms with Crippen molar-refractivity contribution >= 4 is 17.7 Å². The summed E-state index contributed by atoms with van der Waals surface area (Å²) in [5.74, 6) is 0.872. The van der Waals surface area contributed by atoms with Gasteiger partial charge in [-0.15, -0.1) is 10.2 Å². The molecular weight excluding hydrogens is 350 g/mol. The van der Waals surface area contributed by atoms with Gasteiger partial charge >= 0.3 is 0 Å². The average Bonchev–Trinajstić information content (AvgIpc) is 3.15. The van der Waals surface area contributed by atoms with Gasteiger partial charge in [-0.3, -0.25) is 4.79 Å². The van der Waals surface area contributed by atoms with Crippen LogP contribution in [-0.2, 0) is 17.8 Å². The number of hydrogen-bond acceptors (Lipinski definition) is 6. The second kappa shape index (κ2) is 7.21. The first-order valence-corrected chi connectivity index (χ1v) is 9.28. The maximum atomic E-state index is 12.5. The van der Waals surface area contributed by atoms with Crippen molar-refractivity contribution in [2.24, 2.45) is 0 Å². The van der Waals surface area contributed by atoms with Crippen LogP contribution >= 0.6 is 11.8 Å². The van der Waals surface area contributed by atoms with Crippen molar-refractivity contribution in [3.8, 4) is 17.2 Å². The molecule has 0 aliphatic carbocycles. The van der Waals surface area contributed by atoms with E-state index in [2.05, 4.69) is 22.3 Å². The quantitative estimate of drug-likeness (QED) is 0.714. The lowest BCUT2D eigenvalue weighted by Crippen LogP contribution is -2.37.